The zero-order valence-corrected chi connectivity index (χ0v) is 15.9. The topological polar surface area (TPSA) is 83.6 Å². The number of hydrogen-bond acceptors (Lipinski definition) is 5. The highest BCUT2D eigenvalue weighted by molar-refractivity contribution is 7.93. The van der Waals surface area contributed by atoms with Crippen LogP contribution in [0.2, 0.25) is 0 Å². The van der Waals surface area contributed by atoms with Gasteiger partial charge in [-0.3, -0.25) is 4.90 Å². The van der Waals surface area contributed by atoms with Crippen molar-refractivity contribution < 1.29 is 16.8 Å². The standard InChI is InChI=1S/C15H26N2O4S2/c1-12(2)17(13(3)4)11-10-16-23(20,21)15-9-7-6-8-14(15)22(5,18)19/h6-9,12-13,16H,10-11H2,1-5H3. The number of nitrogens with one attached hydrogen (secondary N) is 1. The highest BCUT2D eigenvalue weighted by Gasteiger charge is 2.23. The van der Waals surface area contributed by atoms with Crippen LogP contribution in [-0.2, 0) is 19.9 Å². The van der Waals surface area contributed by atoms with Gasteiger partial charge >= 0.3 is 0 Å². The molecule has 0 atom stereocenters. The number of sulfonamides is 1. The average molecular weight is 363 g/mol. The Morgan fingerprint density at radius 3 is 1.87 bits per heavy atom. The van der Waals surface area contributed by atoms with E-state index >= 15 is 0 Å². The van der Waals surface area contributed by atoms with Gasteiger partial charge in [0.1, 0.15) is 4.90 Å². The predicted octanol–water partition coefficient (Wildman–Crippen LogP) is 1.49. The van der Waals surface area contributed by atoms with Crippen molar-refractivity contribution in [2.24, 2.45) is 0 Å². The van der Waals surface area contributed by atoms with E-state index in [-0.39, 0.29) is 16.3 Å². The second-order valence-electron chi connectivity index (χ2n) is 6.04. The zero-order valence-electron chi connectivity index (χ0n) is 14.3. The van der Waals surface area contributed by atoms with Crippen LogP contribution in [0.1, 0.15) is 27.7 Å². The van der Waals surface area contributed by atoms with Crippen LogP contribution in [0.5, 0.6) is 0 Å². The fourth-order valence-corrected chi connectivity index (χ4v) is 5.13. The van der Waals surface area contributed by atoms with Gasteiger partial charge in [-0.15, -0.1) is 0 Å². The fraction of sp³-hybridized carbons (Fsp3) is 0.600. The first-order valence-corrected chi connectivity index (χ1v) is 10.9. The zero-order chi connectivity index (χ0) is 17.8. The fourth-order valence-electron chi connectivity index (χ4n) is 2.48. The molecule has 0 unspecified atom stereocenters. The maximum atomic E-state index is 12.4. The van der Waals surface area contributed by atoms with Crippen molar-refractivity contribution in [2.45, 2.75) is 49.6 Å². The minimum atomic E-state index is -3.88. The second kappa shape index (κ2) is 7.74. The Morgan fingerprint density at radius 2 is 1.43 bits per heavy atom. The molecule has 8 heteroatoms. The van der Waals surface area contributed by atoms with Gasteiger partial charge < -0.3 is 0 Å². The molecular weight excluding hydrogens is 336 g/mol. The summed E-state index contributed by atoms with van der Waals surface area (Å²) in [4.78, 5) is 1.77. The first-order valence-electron chi connectivity index (χ1n) is 7.51. The quantitative estimate of drug-likeness (QED) is 0.757. The van der Waals surface area contributed by atoms with Gasteiger partial charge in [0.15, 0.2) is 9.84 Å². The molecule has 6 nitrogen and oxygen atoms in total. The molecule has 1 aromatic carbocycles. The Kier molecular flexibility index (Phi) is 6.76. The summed E-state index contributed by atoms with van der Waals surface area (Å²) in [5, 5.41) is 0. The monoisotopic (exact) mass is 362 g/mol. The molecule has 0 aliphatic heterocycles. The molecule has 0 fully saturated rings. The molecule has 0 radical (unpaired) electrons. The molecule has 0 heterocycles. The molecule has 0 bridgehead atoms. The van der Waals surface area contributed by atoms with E-state index in [9.17, 15) is 16.8 Å². The lowest BCUT2D eigenvalue weighted by Crippen LogP contribution is -2.42. The maximum absolute atomic E-state index is 12.4. The normalized spacial score (nSPS) is 13.2. The third kappa shape index (κ3) is 5.56. The second-order valence-corrected chi connectivity index (χ2v) is 9.76. The minimum absolute atomic E-state index is 0.183. The summed E-state index contributed by atoms with van der Waals surface area (Å²) >= 11 is 0. The lowest BCUT2D eigenvalue weighted by atomic mass is 10.2. The third-order valence-electron chi connectivity index (χ3n) is 3.53. The van der Waals surface area contributed by atoms with Crippen molar-refractivity contribution in [2.75, 3.05) is 19.3 Å². The van der Waals surface area contributed by atoms with Gasteiger partial charge in [0.2, 0.25) is 10.0 Å². The number of hydrogen-bond donors (Lipinski definition) is 1. The van der Waals surface area contributed by atoms with E-state index in [0.717, 1.165) is 6.26 Å². The lowest BCUT2D eigenvalue weighted by molar-refractivity contribution is 0.179. The number of rotatable bonds is 8. The van der Waals surface area contributed by atoms with E-state index in [2.05, 4.69) is 9.62 Å². The molecule has 1 aromatic rings. The van der Waals surface area contributed by atoms with Crippen LogP contribution in [0.15, 0.2) is 34.1 Å². The molecule has 0 saturated heterocycles. The third-order valence-corrected chi connectivity index (χ3v) is 6.33. The predicted molar refractivity (Wildman–Crippen MR) is 91.7 cm³/mol. The molecule has 0 aliphatic carbocycles. The summed E-state index contributed by atoms with van der Waals surface area (Å²) in [7, 11) is -7.49. The number of benzene rings is 1. The Balaban J connectivity index is 2.94. The van der Waals surface area contributed by atoms with Crippen LogP contribution < -0.4 is 4.72 Å². The molecule has 0 aliphatic rings. The summed E-state index contributed by atoms with van der Waals surface area (Å²) in [5.41, 5.74) is 0. The minimum Gasteiger partial charge on any atom is -0.297 e. The van der Waals surface area contributed by atoms with Crippen LogP contribution in [0, 0.1) is 0 Å². The molecule has 1 N–H and O–H groups in total. The molecular formula is C15H26N2O4S2. The van der Waals surface area contributed by atoms with E-state index in [1.807, 2.05) is 27.7 Å². The summed E-state index contributed by atoms with van der Waals surface area (Å²) in [6.45, 7) is 8.97. The van der Waals surface area contributed by atoms with Crippen LogP contribution >= 0.6 is 0 Å². The van der Waals surface area contributed by atoms with Crippen LogP contribution in [0.3, 0.4) is 0 Å². The van der Waals surface area contributed by atoms with Crippen molar-refractivity contribution in [3.05, 3.63) is 24.3 Å². The van der Waals surface area contributed by atoms with Gasteiger partial charge in [-0.05, 0) is 39.8 Å². The van der Waals surface area contributed by atoms with Crippen molar-refractivity contribution >= 4 is 19.9 Å². The summed E-state index contributed by atoms with van der Waals surface area (Å²) in [6, 6.07) is 6.22. The smallest absolute Gasteiger partial charge is 0.241 e. The van der Waals surface area contributed by atoms with E-state index < -0.39 is 19.9 Å². The summed E-state index contributed by atoms with van der Waals surface area (Å²) < 4.78 is 50.9. The Hall–Kier alpha value is -0.960. The number of sulfone groups is 1. The van der Waals surface area contributed by atoms with Gasteiger partial charge in [0, 0.05) is 31.4 Å². The molecule has 0 aromatic heterocycles. The first kappa shape index (κ1) is 20.1. The first-order chi connectivity index (χ1) is 10.5. The average Bonchev–Trinajstić information content (AvgIpc) is 2.41. The Labute approximate surface area is 139 Å². The Bertz CT molecular complexity index is 718. The van der Waals surface area contributed by atoms with Gasteiger partial charge in [-0.2, -0.15) is 0 Å². The highest BCUT2D eigenvalue weighted by atomic mass is 32.2. The van der Waals surface area contributed by atoms with Crippen molar-refractivity contribution in [1.29, 1.82) is 0 Å². The van der Waals surface area contributed by atoms with Gasteiger partial charge in [0.25, 0.3) is 0 Å². The molecule has 23 heavy (non-hydrogen) atoms. The molecule has 0 saturated carbocycles. The van der Waals surface area contributed by atoms with E-state index in [0.29, 0.717) is 18.6 Å². The van der Waals surface area contributed by atoms with E-state index in [1.165, 1.54) is 24.3 Å². The SMILES string of the molecule is CC(C)N(CCNS(=O)(=O)c1ccccc1S(C)(=O)=O)C(C)C. The lowest BCUT2D eigenvalue weighted by Gasteiger charge is -2.30. The van der Waals surface area contributed by atoms with E-state index in [4.69, 9.17) is 0 Å². The van der Waals surface area contributed by atoms with Crippen LogP contribution in [0.25, 0.3) is 0 Å². The number of nitrogens with zero attached hydrogens (tertiary/aromatic N) is 1. The summed E-state index contributed by atoms with van der Waals surface area (Å²) in [6.07, 6.45) is 1.00. The van der Waals surface area contributed by atoms with Crippen LogP contribution in [-0.4, -0.2) is 53.2 Å². The summed E-state index contributed by atoms with van der Waals surface area (Å²) in [5.74, 6) is 0. The highest BCUT2D eigenvalue weighted by Crippen LogP contribution is 2.20. The van der Waals surface area contributed by atoms with Crippen molar-refractivity contribution in [3.63, 3.8) is 0 Å². The molecule has 0 spiro atoms. The Morgan fingerprint density at radius 1 is 0.957 bits per heavy atom. The van der Waals surface area contributed by atoms with Crippen molar-refractivity contribution in [1.82, 2.24) is 9.62 Å². The van der Waals surface area contributed by atoms with E-state index in [1.54, 1.807) is 0 Å². The van der Waals surface area contributed by atoms with Crippen molar-refractivity contribution in [3.8, 4) is 0 Å². The van der Waals surface area contributed by atoms with Crippen LogP contribution in [0.4, 0.5) is 0 Å². The maximum Gasteiger partial charge on any atom is 0.241 e. The van der Waals surface area contributed by atoms with Gasteiger partial charge in [0.05, 0.1) is 4.90 Å². The molecule has 0 amide bonds. The molecule has 1 rings (SSSR count). The van der Waals surface area contributed by atoms with Gasteiger partial charge in [-0.1, -0.05) is 12.1 Å². The van der Waals surface area contributed by atoms with Gasteiger partial charge in [-0.25, -0.2) is 21.6 Å². The molecule has 132 valence electrons. The largest absolute Gasteiger partial charge is 0.297 e.